The van der Waals surface area contributed by atoms with Gasteiger partial charge in [-0.1, -0.05) is 54.1 Å². The van der Waals surface area contributed by atoms with Crippen LogP contribution >= 0.6 is 11.6 Å². The second kappa shape index (κ2) is 5.52. The van der Waals surface area contributed by atoms with Crippen molar-refractivity contribution in [2.24, 2.45) is 0 Å². The number of nitrogens with zero attached hydrogens (tertiary/aromatic N) is 1. The number of hydrogen-bond acceptors (Lipinski definition) is 1. The molecule has 2 rings (SSSR count). The van der Waals surface area contributed by atoms with Gasteiger partial charge < -0.3 is 0 Å². The van der Waals surface area contributed by atoms with Crippen molar-refractivity contribution >= 4 is 11.6 Å². The lowest BCUT2D eigenvalue weighted by Gasteiger charge is -2.14. The highest BCUT2D eigenvalue weighted by molar-refractivity contribution is 6.30. The minimum atomic E-state index is 0.0971. The van der Waals surface area contributed by atoms with Gasteiger partial charge in [-0.15, -0.1) is 0 Å². The molecule has 2 heteroatoms. The lowest BCUT2D eigenvalue weighted by atomic mass is 9.89. The smallest absolute Gasteiger partial charge is 0.0631 e. The second-order valence-electron chi connectivity index (χ2n) is 3.88. The molecule has 0 aliphatic rings. The van der Waals surface area contributed by atoms with E-state index in [0.717, 1.165) is 11.1 Å². The van der Waals surface area contributed by atoms with Crippen molar-refractivity contribution in [2.75, 3.05) is 0 Å². The molecule has 0 amide bonds. The van der Waals surface area contributed by atoms with Gasteiger partial charge in [-0.25, -0.2) is 0 Å². The summed E-state index contributed by atoms with van der Waals surface area (Å²) in [6, 6.07) is 20.0. The Kier molecular flexibility index (Phi) is 3.80. The summed E-state index contributed by atoms with van der Waals surface area (Å²) >= 11 is 5.99. The average Bonchev–Trinajstić information content (AvgIpc) is 2.37. The van der Waals surface area contributed by atoms with Gasteiger partial charge >= 0.3 is 0 Å². The van der Waals surface area contributed by atoms with Crippen molar-refractivity contribution in [3.8, 4) is 6.07 Å². The van der Waals surface area contributed by atoms with E-state index in [1.807, 2.05) is 54.6 Å². The first-order valence-corrected chi connectivity index (χ1v) is 5.86. The van der Waals surface area contributed by atoms with Gasteiger partial charge in [0.15, 0.2) is 0 Å². The summed E-state index contributed by atoms with van der Waals surface area (Å²) in [5.74, 6) is 0.0971. The van der Waals surface area contributed by atoms with Crippen molar-refractivity contribution in [3.05, 3.63) is 70.7 Å². The van der Waals surface area contributed by atoms with E-state index in [1.54, 1.807) is 0 Å². The normalized spacial score (nSPS) is 11.8. The summed E-state index contributed by atoms with van der Waals surface area (Å²) in [4.78, 5) is 0. The fraction of sp³-hybridized carbons (Fsp3) is 0.133. The highest BCUT2D eigenvalue weighted by Crippen LogP contribution is 2.28. The first kappa shape index (κ1) is 11.7. The van der Waals surface area contributed by atoms with Gasteiger partial charge in [-0.05, 0) is 23.3 Å². The maximum atomic E-state index is 8.95. The fourth-order valence-electron chi connectivity index (χ4n) is 1.93. The lowest BCUT2D eigenvalue weighted by molar-refractivity contribution is 0.838. The minimum absolute atomic E-state index is 0.0971. The molecule has 17 heavy (non-hydrogen) atoms. The number of halogens is 1. The van der Waals surface area contributed by atoms with E-state index in [1.165, 1.54) is 0 Å². The number of benzene rings is 2. The van der Waals surface area contributed by atoms with Crippen LogP contribution in [0, 0.1) is 11.3 Å². The molecular formula is C15H12ClN. The van der Waals surface area contributed by atoms with Crippen LogP contribution < -0.4 is 0 Å². The molecule has 0 bridgehead atoms. The molecule has 0 saturated carbocycles. The van der Waals surface area contributed by atoms with Gasteiger partial charge in [0.2, 0.25) is 0 Å². The van der Waals surface area contributed by atoms with Crippen molar-refractivity contribution in [2.45, 2.75) is 12.3 Å². The number of nitriles is 1. The van der Waals surface area contributed by atoms with Gasteiger partial charge in [0.1, 0.15) is 0 Å². The molecular weight excluding hydrogens is 230 g/mol. The highest BCUT2D eigenvalue weighted by Gasteiger charge is 2.13. The molecule has 0 radical (unpaired) electrons. The van der Waals surface area contributed by atoms with Crippen LogP contribution in [0.3, 0.4) is 0 Å². The van der Waals surface area contributed by atoms with Gasteiger partial charge in [0.05, 0.1) is 6.07 Å². The van der Waals surface area contributed by atoms with E-state index in [4.69, 9.17) is 16.9 Å². The maximum absolute atomic E-state index is 8.95. The Hall–Kier alpha value is -1.78. The van der Waals surface area contributed by atoms with Crippen LogP contribution in [-0.4, -0.2) is 0 Å². The van der Waals surface area contributed by atoms with Crippen LogP contribution in [0.1, 0.15) is 23.5 Å². The zero-order chi connectivity index (χ0) is 12.1. The van der Waals surface area contributed by atoms with Gasteiger partial charge in [-0.2, -0.15) is 5.26 Å². The van der Waals surface area contributed by atoms with E-state index < -0.39 is 0 Å². The Labute approximate surface area is 106 Å². The van der Waals surface area contributed by atoms with Gasteiger partial charge in [-0.3, -0.25) is 0 Å². The van der Waals surface area contributed by atoms with E-state index in [9.17, 15) is 0 Å². The third-order valence-electron chi connectivity index (χ3n) is 2.75. The average molecular weight is 242 g/mol. The molecule has 0 N–H and O–H groups in total. The highest BCUT2D eigenvalue weighted by atomic mass is 35.5. The molecule has 2 aromatic rings. The van der Waals surface area contributed by atoms with Crippen LogP contribution in [0.25, 0.3) is 0 Å². The molecule has 0 saturated heterocycles. The van der Waals surface area contributed by atoms with Crippen molar-refractivity contribution in [3.63, 3.8) is 0 Å². The Morgan fingerprint density at radius 3 is 2.35 bits per heavy atom. The fourth-order valence-corrected chi connectivity index (χ4v) is 2.13. The molecule has 2 aromatic carbocycles. The van der Waals surface area contributed by atoms with Gasteiger partial charge in [0.25, 0.3) is 0 Å². The van der Waals surface area contributed by atoms with Gasteiger partial charge in [0, 0.05) is 17.4 Å². The van der Waals surface area contributed by atoms with E-state index in [2.05, 4.69) is 6.07 Å². The molecule has 1 unspecified atom stereocenters. The Balaban J connectivity index is 2.40. The molecule has 1 atom stereocenters. The monoisotopic (exact) mass is 241 g/mol. The summed E-state index contributed by atoms with van der Waals surface area (Å²) in [6.45, 7) is 0. The minimum Gasteiger partial charge on any atom is -0.198 e. The molecule has 1 nitrogen and oxygen atoms in total. The first-order chi connectivity index (χ1) is 8.31. The Bertz CT molecular complexity index is 528. The van der Waals surface area contributed by atoms with Crippen LogP contribution in [0.5, 0.6) is 0 Å². The quantitative estimate of drug-likeness (QED) is 0.782. The van der Waals surface area contributed by atoms with Crippen molar-refractivity contribution in [1.29, 1.82) is 5.26 Å². The summed E-state index contributed by atoms with van der Waals surface area (Å²) < 4.78 is 0. The number of rotatable bonds is 3. The second-order valence-corrected chi connectivity index (χ2v) is 4.32. The predicted molar refractivity (Wildman–Crippen MR) is 70.0 cm³/mol. The van der Waals surface area contributed by atoms with E-state index in [-0.39, 0.29) is 5.92 Å². The summed E-state index contributed by atoms with van der Waals surface area (Å²) in [5.41, 5.74) is 2.24. The Morgan fingerprint density at radius 1 is 1.00 bits per heavy atom. The molecule has 0 aliphatic carbocycles. The van der Waals surface area contributed by atoms with Crippen LogP contribution in [0.15, 0.2) is 54.6 Å². The third-order valence-corrected chi connectivity index (χ3v) is 2.98. The zero-order valence-corrected chi connectivity index (χ0v) is 10.1. The van der Waals surface area contributed by atoms with Crippen molar-refractivity contribution < 1.29 is 0 Å². The SMILES string of the molecule is N#CCC(c1ccccc1)c1cccc(Cl)c1. The summed E-state index contributed by atoms with van der Waals surface area (Å²) in [7, 11) is 0. The van der Waals surface area contributed by atoms with E-state index in [0.29, 0.717) is 11.4 Å². The summed E-state index contributed by atoms with van der Waals surface area (Å²) in [6.07, 6.45) is 0.463. The lowest BCUT2D eigenvalue weighted by Crippen LogP contribution is -1.99. The van der Waals surface area contributed by atoms with Crippen LogP contribution in [0.2, 0.25) is 5.02 Å². The first-order valence-electron chi connectivity index (χ1n) is 5.48. The standard InChI is InChI=1S/C15H12ClN/c16-14-8-4-7-13(11-14)15(9-10-17)12-5-2-1-3-6-12/h1-8,11,15H,9H2. The maximum Gasteiger partial charge on any atom is 0.0631 e. The molecule has 84 valence electrons. The Morgan fingerprint density at radius 2 is 1.71 bits per heavy atom. The molecule has 0 aromatic heterocycles. The topological polar surface area (TPSA) is 23.8 Å². The largest absolute Gasteiger partial charge is 0.198 e. The number of hydrogen-bond donors (Lipinski definition) is 0. The molecule has 0 fully saturated rings. The predicted octanol–water partition coefficient (Wildman–Crippen LogP) is 4.39. The van der Waals surface area contributed by atoms with Crippen LogP contribution in [-0.2, 0) is 0 Å². The third kappa shape index (κ3) is 2.87. The molecule has 0 heterocycles. The molecule has 0 aliphatic heterocycles. The summed E-state index contributed by atoms with van der Waals surface area (Å²) in [5, 5.41) is 9.66. The van der Waals surface area contributed by atoms with E-state index >= 15 is 0 Å². The zero-order valence-electron chi connectivity index (χ0n) is 9.31. The van der Waals surface area contributed by atoms with Crippen molar-refractivity contribution in [1.82, 2.24) is 0 Å². The molecule has 0 spiro atoms. The van der Waals surface area contributed by atoms with Crippen LogP contribution in [0.4, 0.5) is 0 Å².